The topological polar surface area (TPSA) is 29.1 Å². The molecule has 0 aromatic heterocycles. The van der Waals surface area contributed by atoms with Crippen LogP contribution < -0.4 is 5.32 Å². The molecule has 2 nitrogen and oxygen atoms in total. The van der Waals surface area contributed by atoms with Gasteiger partial charge in [-0.15, -0.1) is 0 Å². The molecule has 0 saturated carbocycles. The molecule has 0 radical (unpaired) electrons. The summed E-state index contributed by atoms with van der Waals surface area (Å²) in [5, 5.41) is 2.94. The highest BCUT2D eigenvalue weighted by Crippen LogP contribution is 2.17. The number of hydrogen-bond donors (Lipinski definition) is 1. The zero-order valence-electron chi connectivity index (χ0n) is 13.5. The van der Waals surface area contributed by atoms with E-state index in [1.807, 2.05) is 42.5 Å². The van der Waals surface area contributed by atoms with Gasteiger partial charge in [0, 0.05) is 11.8 Å². The summed E-state index contributed by atoms with van der Waals surface area (Å²) in [4.78, 5) is 12.0. The van der Waals surface area contributed by atoms with Gasteiger partial charge < -0.3 is 5.32 Å². The molecule has 1 N–H and O–H groups in total. The highest BCUT2D eigenvalue weighted by molar-refractivity contribution is 6.02. The lowest BCUT2D eigenvalue weighted by Crippen LogP contribution is -2.09. The van der Waals surface area contributed by atoms with Crippen molar-refractivity contribution in [1.29, 1.82) is 0 Å². The van der Waals surface area contributed by atoms with Crippen molar-refractivity contribution in [1.82, 2.24) is 0 Å². The van der Waals surface area contributed by atoms with E-state index in [0.717, 1.165) is 23.2 Å². The third kappa shape index (κ3) is 4.32. The van der Waals surface area contributed by atoms with Crippen molar-refractivity contribution in [3.63, 3.8) is 0 Å². The maximum atomic E-state index is 12.0. The normalized spacial score (nSPS) is 11.1. The molecular weight excluding hydrogens is 270 g/mol. The Morgan fingerprint density at radius 2 is 1.77 bits per heavy atom. The fourth-order valence-electron chi connectivity index (χ4n) is 2.29. The van der Waals surface area contributed by atoms with Crippen molar-refractivity contribution in [2.24, 2.45) is 0 Å². The standard InChI is InChI=1S/C20H23NO/c1-4-17-7-5-6-8-19(17)21-20(22)14-11-16-9-12-18(13-10-16)15(2)3/h5-15H,4H2,1-3H3,(H,21,22)/b14-11+. The van der Waals surface area contributed by atoms with E-state index in [0.29, 0.717) is 5.92 Å². The predicted molar refractivity (Wildman–Crippen MR) is 94.0 cm³/mol. The maximum absolute atomic E-state index is 12.0. The van der Waals surface area contributed by atoms with E-state index in [1.54, 1.807) is 6.08 Å². The van der Waals surface area contributed by atoms with Crippen LogP contribution in [0.15, 0.2) is 54.6 Å². The van der Waals surface area contributed by atoms with Gasteiger partial charge in [-0.2, -0.15) is 0 Å². The van der Waals surface area contributed by atoms with Crippen LogP contribution in [0.3, 0.4) is 0 Å². The lowest BCUT2D eigenvalue weighted by atomic mass is 10.0. The van der Waals surface area contributed by atoms with Gasteiger partial charge in [-0.25, -0.2) is 0 Å². The quantitative estimate of drug-likeness (QED) is 0.770. The molecule has 0 atom stereocenters. The molecule has 114 valence electrons. The largest absolute Gasteiger partial charge is 0.322 e. The van der Waals surface area contributed by atoms with Crippen LogP contribution in [0.1, 0.15) is 43.4 Å². The van der Waals surface area contributed by atoms with E-state index in [1.165, 1.54) is 5.56 Å². The number of para-hydroxylation sites is 1. The van der Waals surface area contributed by atoms with Crippen LogP contribution in [0.4, 0.5) is 5.69 Å². The van der Waals surface area contributed by atoms with Crippen LogP contribution in [0.5, 0.6) is 0 Å². The summed E-state index contributed by atoms with van der Waals surface area (Å²) >= 11 is 0. The van der Waals surface area contributed by atoms with E-state index in [9.17, 15) is 4.79 Å². The fourth-order valence-corrected chi connectivity index (χ4v) is 2.29. The van der Waals surface area contributed by atoms with Gasteiger partial charge in [0.15, 0.2) is 0 Å². The molecule has 2 aromatic carbocycles. The second-order valence-electron chi connectivity index (χ2n) is 5.65. The summed E-state index contributed by atoms with van der Waals surface area (Å²) < 4.78 is 0. The van der Waals surface area contributed by atoms with Crippen LogP contribution >= 0.6 is 0 Å². The van der Waals surface area contributed by atoms with Crippen molar-refractivity contribution in [3.8, 4) is 0 Å². The summed E-state index contributed by atoms with van der Waals surface area (Å²) in [5.41, 5.74) is 4.36. The Balaban J connectivity index is 2.02. The number of nitrogens with one attached hydrogen (secondary N) is 1. The van der Waals surface area contributed by atoms with Gasteiger partial charge >= 0.3 is 0 Å². The number of benzene rings is 2. The molecule has 22 heavy (non-hydrogen) atoms. The summed E-state index contributed by atoms with van der Waals surface area (Å²) in [7, 11) is 0. The van der Waals surface area contributed by atoms with Crippen molar-refractivity contribution < 1.29 is 4.79 Å². The van der Waals surface area contributed by atoms with Crippen LogP contribution in [-0.2, 0) is 11.2 Å². The number of amides is 1. The third-order valence-corrected chi connectivity index (χ3v) is 3.69. The molecule has 0 spiro atoms. The lowest BCUT2D eigenvalue weighted by Gasteiger charge is -2.07. The summed E-state index contributed by atoms with van der Waals surface area (Å²) in [6.07, 6.45) is 4.32. The van der Waals surface area contributed by atoms with Gasteiger partial charge in [-0.05, 0) is 41.2 Å². The zero-order chi connectivity index (χ0) is 15.9. The molecule has 2 rings (SSSR count). The summed E-state index contributed by atoms with van der Waals surface area (Å²) in [6.45, 7) is 6.42. The van der Waals surface area contributed by atoms with Crippen LogP contribution in [0.25, 0.3) is 6.08 Å². The van der Waals surface area contributed by atoms with Gasteiger partial charge in [0.1, 0.15) is 0 Å². The Labute approximate surface area is 132 Å². The van der Waals surface area contributed by atoms with E-state index < -0.39 is 0 Å². The molecular formula is C20H23NO. The number of carbonyl (C=O) groups excluding carboxylic acids is 1. The molecule has 0 heterocycles. The Bertz CT molecular complexity index is 654. The summed E-state index contributed by atoms with van der Waals surface area (Å²) in [6, 6.07) is 16.2. The van der Waals surface area contributed by atoms with Gasteiger partial charge in [0.25, 0.3) is 0 Å². The molecule has 0 fully saturated rings. The average Bonchev–Trinajstić information content (AvgIpc) is 2.54. The molecule has 2 heteroatoms. The van der Waals surface area contributed by atoms with Gasteiger partial charge in [0.05, 0.1) is 0 Å². The van der Waals surface area contributed by atoms with Crippen LogP contribution in [0, 0.1) is 0 Å². The minimum Gasteiger partial charge on any atom is -0.322 e. The van der Waals surface area contributed by atoms with E-state index in [4.69, 9.17) is 0 Å². The highest BCUT2D eigenvalue weighted by atomic mass is 16.1. The van der Waals surface area contributed by atoms with Crippen LogP contribution in [-0.4, -0.2) is 5.91 Å². The minimum atomic E-state index is -0.103. The first-order valence-corrected chi connectivity index (χ1v) is 7.77. The Kier molecular flexibility index (Phi) is 5.54. The van der Waals surface area contributed by atoms with Crippen molar-refractivity contribution in [3.05, 3.63) is 71.3 Å². The second-order valence-corrected chi connectivity index (χ2v) is 5.65. The number of rotatable bonds is 5. The van der Waals surface area contributed by atoms with E-state index in [-0.39, 0.29) is 5.91 Å². The van der Waals surface area contributed by atoms with Gasteiger partial charge in [0.2, 0.25) is 5.91 Å². The minimum absolute atomic E-state index is 0.103. The first-order valence-electron chi connectivity index (χ1n) is 7.77. The van der Waals surface area contributed by atoms with E-state index in [2.05, 4.69) is 38.2 Å². The second kappa shape index (κ2) is 7.60. The monoisotopic (exact) mass is 293 g/mol. The molecule has 0 unspecified atom stereocenters. The Morgan fingerprint density at radius 1 is 1.09 bits per heavy atom. The molecule has 0 aliphatic carbocycles. The van der Waals surface area contributed by atoms with Gasteiger partial charge in [-0.1, -0.05) is 63.2 Å². The molecule has 0 bridgehead atoms. The highest BCUT2D eigenvalue weighted by Gasteiger charge is 2.02. The predicted octanol–water partition coefficient (Wildman–Crippen LogP) is 5.02. The van der Waals surface area contributed by atoms with Gasteiger partial charge in [-0.3, -0.25) is 4.79 Å². The SMILES string of the molecule is CCc1ccccc1NC(=O)/C=C/c1ccc(C(C)C)cc1. The average molecular weight is 293 g/mol. The molecule has 0 saturated heterocycles. The van der Waals surface area contributed by atoms with Crippen LogP contribution in [0.2, 0.25) is 0 Å². The van der Waals surface area contributed by atoms with E-state index >= 15 is 0 Å². The fraction of sp³-hybridized carbons (Fsp3) is 0.250. The smallest absolute Gasteiger partial charge is 0.248 e. The third-order valence-electron chi connectivity index (χ3n) is 3.69. The van der Waals surface area contributed by atoms with Crippen molar-refractivity contribution in [2.75, 3.05) is 5.32 Å². The Hall–Kier alpha value is -2.35. The molecule has 2 aromatic rings. The number of hydrogen-bond acceptors (Lipinski definition) is 1. The maximum Gasteiger partial charge on any atom is 0.248 e. The first-order chi connectivity index (χ1) is 10.6. The number of carbonyl (C=O) groups is 1. The number of aryl methyl sites for hydroxylation is 1. The number of anilines is 1. The van der Waals surface area contributed by atoms with Crippen molar-refractivity contribution >= 4 is 17.7 Å². The van der Waals surface area contributed by atoms with Crippen molar-refractivity contribution in [2.45, 2.75) is 33.1 Å². The molecule has 0 aliphatic rings. The zero-order valence-corrected chi connectivity index (χ0v) is 13.5. The molecule has 0 aliphatic heterocycles. The molecule has 1 amide bonds. The lowest BCUT2D eigenvalue weighted by molar-refractivity contribution is -0.111. The Morgan fingerprint density at radius 3 is 2.41 bits per heavy atom. The first kappa shape index (κ1) is 16.0. The summed E-state index contributed by atoms with van der Waals surface area (Å²) in [5.74, 6) is 0.417.